The predicted octanol–water partition coefficient (Wildman–Crippen LogP) is 18.8. The Balaban J connectivity index is 0.00000611. The van der Waals surface area contributed by atoms with Gasteiger partial charge in [0.15, 0.2) is 0 Å². The van der Waals surface area contributed by atoms with Crippen molar-refractivity contribution in [1.29, 1.82) is 0 Å². The Morgan fingerprint density at radius 1 is 0.411 bits per heavy atom. The molecule has 0 bridgehead atoms. The molecule has 3 nitrogen and oxygen atoms in total. The van der Waals surface area contributed by atoms with Crippen molar-refractivity contribution in [3.05, 3.63) is 232 Å². The number of halogens is 2. The summed E-state index contributed by atoms with van der Waals surface area (Å²) in [6, 6.07) is 68.8. The normalized spacial score (nSPS) is 13.5. The summed E-state index contributed by atoms with van der Waals surface area (Å²) >= 11 is 7.27. The van der Waals surface area contributed by atoms with Crippen LogP contribution in [0, 0.1) is 32.0 Å². The van der Waals surface area contributed by atoms with Gasteiger partial charge in [-0.05, 0) is 133 Å². The van der Waals surface area contributed by atoms with Crippen molar-refractivity contribution in [2.24, 2.45) is 0 Å². The molecule has 3 heterocycles. The molecule has 0 N–H and O–H groups in total. The van der Waals surface area contributed by atoms with Crippen molar-refractivity contribution in [1.82, 2.24) is 15.0 Å². The number of benzene rings is 7. The van der Waals surface area contributed by atoms with Crippen molar-refractivity contribution in [2.75, 3.05) is 0 Å². The first kappa shape index (κ1) is 50.1. The van der Waals surface area contributed by atoms with Crippen LogP contribution in [0.5, 0.6) is 0 Å². The molecule has 0 unspecified atom stereocenters. The molecule has 6 heteroatoms. The number of fused-ring (bicyclic) bond motifs is 1. The van der Waals surface area contributed by atoms with E-state index >= 15 is 0 Å². The van der Waals surface area contributed by atoms with Gasteiger partial charge in [0.2, 0.25) is 0 Å². The minimum Gasteiger partial charge on any atom is -0.304 e. The Hall–Kier alpha value is -6.40. The minimum absolute atomic E-state index is 0. The molecule has 0 atom stereocenters. The van der Waals surface area contributed by atoms with Crippen molar-refractivity contribution < 1.29 is 20.1 Å². The summed E-state index contributed by atoms with van der Waals surface area (Å²) in [4.78, 5) is 15.2. The Bertz CT molecular complexity index is 3710. The molecule has 11 rings (SSSR count). The zero-order chi connectivity index (χ0) is 49.7. The molecule has 0 amide bonds. The van der Waals surface area contributed by atoms with E-state index < -0.39 is 0 Å². The van der Waals surface area contributed by atoms with Gasteiger partial charge in [0.1, 0.15) is 0 Å². The summed E-state index contributed by atoms with van der Waals surface area (Å²) in [6.45, 7) is 13.8. The number of hydrogen-bond acceptors (Lipinski definition) is 3. The van der Waals surface area contributed by atoms with E-state index in [9.17, 15) is 0 Å². The van der Waals surface area contributed by atoms with E-state index in [1.807, 2.05) is 42.9 Å². The molecule has 0 fully saturated rings. The van der Waals surface area contributed by atoms with Gasteiger partial charge in [0.05, 0.1) is 0 Å². The van der Waals surface area contributed by atoms with Crippen LogP contribution in [0.3, 0.4) is 0 Å². The number of hydrogen-bond donors (Lipinski definition) is 0. The summed E-state index contributed by atoms with van der Waals surface area (Å²) in [5.41, 5.74) is 24.1. The molecule has 7 aromatic carbocycles. The molecule has 358 valence electrons. The Labute approximate surface area is 460 Å². The Kier molecular flexibility index (Phi) is 14.1. The van der Waals surface area contributed by atoms with Gasteiger partial charge >= 0.3 is 20.1 Å². The maximum absolute atomic E-state index is 5.14. The Morgan fingerprint density at radius 3 is 1.47 bits per heavy atom. The second kappa shape index (κ2) is 20.5. The van der Waals surface area contributed by atoms with Gasteiger partial charge < -0.3 is 15.0 Å². The summed E-state index contributed by atoms with van der Waals surface area (Å²) in [6.07, 6.45) is 8.37. The first-order chi connectivity index (χ1) is 34.8. The Morgan fingerprint density at radius 2 is 0.904 bits per heavy atom. The number of aryl methyl sites for hydroxylation is 2. The smallest absolute Gasteiger partial charge is 0.304 e. The van der Waals surface area contributed by atoms with E-state index in [1.54, 1.807) is 0 Å². The number of pyridine rings is 3. The third-order valence-corrected chi connectivity index (χ3v) is 15.6. The third-order valence-electron chi connectivity index (χ3n) is 14.6. The maximum Gasteiger partial charge on any atom is 3.00 e. The molecule has 1 aliphatic rings. The van der Waals surface area contributed by atoms with Gasteiger partial charge in [0.25, 0.3) is 0 Å². The number of nitrogens with zero attached hydrogens (tertiary/aromatic N) is 3. The molecule has 0 radical (unpaired) electrons. The van der Waals surface area contributed by atoms with E-state index in [-0.39, 0.29) is 30.9 Å². The van der Waals surface area contributed by atoms with Crippen LogP contribution in [0.2, 0.25) is 0 Å². The van der Waals surface area contributed by atoms with Crippen LogP contribution in [0.25, 0.3) is 101 Å². The van der Waals surface area contributed by atoms with E-state index in [2.05, 4.69) is 231 Å². The first-order valence-electron chi connectivity index (χ1n) is 24.6. The van der Waals surface area contributed by atoms with Crippen LogP contribution in [0.1, 0.15) is 62.8 Å². The van der Waals surface area contributed by atoms with Crippen molar-refractivity contribution in [2.45, 2.75) is 65.2 Å². The average Bonchev–Trinajstić information content (AvgIpc) is 3.40. The largest absolute Gasteiger partial charge is 3.00 e. The van der Waals surface area contributed by atoms with Crippen LogP contribution in [0.15, 0.2) is 191 Å². The molecular formula is C67H52Br2IrN3. The van der Waals surface area contributed by atoms with E-state index in [1.165, 1.54) is 17.5 Å². The molecule has 0 saturated heterocycles. The summed E-state index contributed by atoms with van der Waals surface area (Å²) in [5.74, 6) is 0. The van der Waals surface area contributed by atoms with Crippen molar-refractivity contribution >= 4 is 31.9 Å². The van der Waals surface area contributed by atoms with E-state index in [0.717, 1.165) is 127 Å². The molecule has 0 saturated carbocycles. The second-order valence-corrected chi connectivity index (χ2v) is 22.3. The average molecular weight is 1250 g/mol. The monoisotopic (exact) mass is 1250 g/mol. The predicted molar refractivity (Wildman–Crippen MR) is 305 cm³/mol. The standard InChI is InChI=1S/C67H52Br2N3.Ir/c1-42-32-64(44-15-13-17-52(68)36-44)71-41-60(42)59-24-12-11-22-57(59)50-34-48(33-49(35-50)56-21-9-10-23-58(56)51-31-43(2)65(72-40-51)46-16-14-18-53(69)37-46)55-20-8-7-19-54(55)47-26-28-63(70-39-47)45-25-27-61-62(38-45)67(5,6)30-29-66(61,3)4;/h7-14,17-24,26-28,31-41H,29-30H2,1-6H3;/q-3;+3. The first-order valence-corrected chi connectivity index (χ1v) is 26.1. The summed E-state index contributed by atoms with van der Waals surface area (Å²) in [5, 5.41) is 0. The van der Waals surface area contributed by atoms with Gasteiger partial charge in [-0.1, -0.05) is 178 Å². The van der Waals surface area contributed by atoms with E-state index in [0.29, 0.717) is 0 Å². The molecule has 3 aromatic heterocycles. The third kappa shape index (κ3) is 10.0. The fraction of sp³-hybridized carbons (Fsp3) is 0.149. The molecule has 0 aliphatic heterocycles. The van der Waals surface area contributed by atoms with Crippen LogP contribution in [-0.4, -0.2) is 15.0 Å². The van der Waals surface area contributed by atoms with E-state index in [4.69, 9.17) is 15.0 Å². The SMILES string of the molecule is Cc1cc(-c2[c-]ccc(Br)c2)ncc1-c1ccccc1-c1cc(-c2ccccc2-c2ccc(-c3[c-]cc4c(c3)C(C)(C)CCC4(C)C)nc2)cc(-c2ccccc2-c2cnc(-c3[c-]ccc(Br)c3)c(C)c2)c1.[Ir+3]. The molecular weight excluding hydrogens is 1200 g/mol. The quantitative estimate of drug-likeness (QED) is 0.135. The van der Waals surface area contributed by atoms with Crippen LogP contribution in [0.4, 0.5) is 0 Å². The molecule has 10 aromatic rings. The summed E-state index contributed by atoms with van der Waals surface area (Å²) < 4.78 is 2.00. The minimum atomic E-state index is 0. The fourth-order valence-corrected chi connectivity index (χ4v) is 11.3. The topological polar surface area (TPSA) is 38.7 Å². The van der Waals surface area contributed by atoms with Crippen LogP contribution >= 0.6 is 31.9 Å². The zero-order valence-electron chi connectivity index (χ0n) is 41.7. The van der Waals surface area contributed by atoms with Gasteiger partial charge in [-0.15, -0.1) is 94.5 Å². The maximum atomic E-state index is 5.14. The zero-order valence-corrected chi connectivity index (χ0v) is 47.2. The second-order valence-electron chi connectivity index (χ2n) is 20.4. The van der Waals surface area contributed by atoms with Crippen LogP contribution < -0.4 is 0 Å². The fourth-order valence-electron chi connectivity index (χ4n) is 10.6. The van der Waals surface area contributed by atoms with Gasteiger partial charge in [-0.25, -0.2) is 0 Å². The summed E-state index contributed by atoms with van der Waals surface area (Å²) in [7, 11) is 0. The molecule has 0 spiro atoms. The molecule has 73 heavy (non-hydrogen) atoms. The number of rotatable bonds is 9. The number of aromatic nitrogens is 3. The van der Waals surface area contributed by atoms with Crippen LogP contribution in [-0.2, 0) is 30.9 Å². The van der Waals surface area contributed by atoms with Gasteiger partial charge in [0, 0.05) is 24.2 Å². The van der Waals surface area contributed by atoms with Crippen molar-refractivity contribution in [3.63, 3.8) is 0 Å². The van der Waals surface area contributed by atoms with Crippen molar-refractivity contribution in [3.8, 4) is 101 Å². The van der Waals surface area contributed by atoms with Gasteiger partial charge in [-0.2, -0.15) is 0 Å². The van der Waals surface area contributed by atoms with Gasteiger partial charge in [-0.3, -0.25) is 0 Å². The molecule has 1 aliphatic carbocycles.